The molecule has 2 aliphatic heterocycles. The molecule has 5 rings (SSSR count). The number of halogens is 3. The second-order valence-electron chi connectivity index (χ2n) is 11.9. The van der Waals surface area contributed by atoms with E-state index in [-0.39, 0.29) is 49.3 Å². The van der Waals surface area contributed by atoms with E-state index in [0.29, 0.717) is 42.3 Å². The summed E-state index contributed by atoms with van der Waals surface area (Å²) in [5.41, 5.74) is -0.283. The molecule has 2 aliphatic rings. The molecule has 2 amide bonds. The number of piperidine rings is 1. The molecule has 0 spiro atoms. The van der Waals surface area contributed by atoms with Gasteiger partial charge in [0.2, 0.25) is 6.79 Å². The maximum atomic E-state index is 14.9. The van der Waals surface area contributed by atoms with Gasteiger partial charge in [0.25, 0.3) is 5.91 Å². The number of hydrogen-bond donors (Lipinski definition) is 1. The molecule has 3 aromatic rings. The SMILES string of the molecule is CC(C)(C)OC(=O)N1CC[C@@H](c2ccc(F)c(C(=O)NCCc3c(F)cccc3F)c2)[C@@H](COc2ccc3c(c2)OCO3)C1. The first-order valence-electron chi connectivity index (χ1n) is 14.5. The van der Waals surface area contributed by atoms with Crippen LogP contribution in [0.2, 0.25) is 0 Å². The van der Waals surface area contributed by atoms with E-state index < -0.39 is 35.1 Å². The van der Waals surface area contributed by atoms with Crippen LogP contribution in [-0.2, 0) is 11.2 Å². The van der Waals surface area contributed by atoms with E-state index in [1.807, 2.05) is 0 Å². The third kappa shape index (κ3) is 7.38. The average molecular weight is 613 g/mol. The summed E-state index contributed by atoms with van der Waals surface area (Å²) in [6, 6.07) is 13.2. The third-order valence-corrected chi connectivity index (χ3v) is 7.58. The van der Waals surface area contributed by atoms with E-state index in [4.69, 9.17) is 18.9 Å². The molecule has 0 saturated carbocycles. The highest BCUT2D eigenvalue weighted by molar-refractivity contribution is 5.94. The van der Waals surface area contributed by atoms with Crippen LogP contribution in [0.4, 0.5) is 18.0 Å². The normalized spacial score (nSPS) is 17.7. The number of carbonyl (C=O) groups is 2. The Kier molecular flexibility index (Phi) is 9.22. The largest absolute Gasteiger partial charge is 0.493 e. The van der Waals surface area contributed by atoms with Crippen molar-refractivity contribution in [1.29, 1.82) is 0 Å². The summed E-state index contributed by atoms with van der Waals surface area (Å²) >= 11 is 0. The fourth-order valence-electron chi connectivity index (χ4n) is 5.42. The highest BCUT2D eigenvalue weighted by Crippen LogP contribution is 2.38. The van der Waals surface area contributed by atoms with Crippen LogP contribution in [0.25, 0.3) is 0 Å². The number of fused-ring (bicyclic) bond motifs is 1. The van der Waals surface area contributed by atoms with Crippen LogP contribution in [0, 0.1) is 23.4 Å². The Morgan fingerprint density at radius 3 is 2.48 bits per heavy atom. The lowest BCUT2D eigenvalue weighted by Crippen LogP contribution is -2.46. The van der Waals surface area contributed by atoms with Crippen molar-refractivity contribution in [2.75, 3.05) is 33.0 Å². The molecule has 2 atom stereocenters. The Balaban J connectivity index is 1.32. The molecule has 0 aliphatic carbocycles. The molecule has 3 aromatic carbocycles. The van der Waals surface area contributed by atoms with E-state index in [2.05, 4.69) is 5.32 Å². The van der Waals surface area contributed by atoms with Crippen molar-refractivity contribution in [3.8, 4) is 17.2 Å². The topological polar surface area (TPSA) is 86.3 Å². The number of amides is 2. The quantitative estimate of drug-likeness (QED) is 0.325. The summed E-state index contributed by atoms with van der Waals surface area (Å²) < 4.78 is 65.4. The van der Waals surface area contributed by atoms with Gasteiger partial charge in [0.1, 0.15) is 28.8 Å². The third-order valence-electron chi connectivity index (χ3n) is 7.58. The van der Waals surface area contributed by atoms with Gasteiger partial charge in [0.05, 0.1) is 12.2 Å². The summed E-state index contributed by atoms with van der Waals surface area (Å²) in [6.07, 6.45) is -0.00350. The zero-order chi connectivity index (χ0) is 31.4. The molecule has 44 heavy (non-hydrogen) atoms. The van der Waals surface area contributed by atoms with Crippen LogP contribution in [0.3, 0.4) is 0 Å². The molecular formula is C33H35F3N2O6. The molecule has 11 heteroatoms. The molecule has 0 radical (unpaired) electrons. The number of hydrogen-bond acceptors (Lipinski definition) is 6. The minimum Gasteiger partial charge on any atom is -0.493 e. The van der Waals surface area contributed by atoms with Crippen LogP contribution in [-0.4, -0.2) is 55.5 Å². The van der Waals surface area contributed by atoms with E-state index in [1.165, 1.54) is 18.2 Å². The van der Waals surface area contributed by atoms with Crippen molar-refractivity contribution < 1.29 is 41.7 Å². The second-order valence-corrected chi connectivity index (χ2v) is 11.9. The first kappa shape index (κ1) is 31.0. The smallest absolute Gasteiger partial charge is 0.410 e. The molecule has 0 bridgehead atoms. The van der Waals surface area contributed by atoms with Gasteiger partial charge in [-0.1, -0.05) is 12.1 Å². The highest BCUT2D eigenvalue weighted by atomic mass is 19.1. The van der Waals surface area contributed by atoms with Gasteiger partial charge in [-0.3, -0.25) is 4.79 Å². The standard InChI is InChI=1S/C33H35F3N2O6/c1-33(2,3)44-32(40)38-14-12-23(21(17-38)18-41-22-8-10-29-30(16-22)43-19-42-29)20-7-9-28(36)25(15-20)31(39)37-13-11-24-26(34)5-4-6-27(24)35/h4-10,15-16,21,23H,11-14,17-19H2,1-3H3,(H,37,39)/t21-,23+/m1/s1. The van der Waals surface area contributed by atoms with Crippen molar-refractivity contribution in [3.05, 3.63) is 88.7 Å². The Hall–Kier alpha value is -4.41. The first-order chi connectivity index (χ1) is 21.0. The van der Waals surface area contributed by atoms with Crippen molar-refractivity contribution in [1.82, 2.24) is 10.2 Å². The number of likely N-dealkylation sites (tertiary alicyclic amines) is 1. The Bertz CT molecular complexity index is 1510. The number of benzene rings is 3. The van der Waals surface area contributed by atoms with E-state index in [0.717, 1.165) is 12.1 Å². The molecular weight excluding hydrogens is 577 g/mol. The Labute approximate surface area is 254 Å². The molecule has 0 aromatic heterocycles. The molecule has 234 valence electrons. The molecule has 2 heterocycles. The lowest BCUT2D eigenvalue weighted by atomic mass is 9.80. The molecule has 8 nitrogen and oxygen atoms in total. The second kappa shape index (κ2) is 13.1. The fraction of sp³-hybridized carbons (Fsp3) is 0.394. The van der Waals surface area contributed by atoms with Crippen LogP contribution in [0.15, 0.2) is 54.6 Å². The van der Waals surface area contributed by atoms with Crippen molar-refractivity contribution >= 4 is 12.0 Å². The Morgan fingerprint density at radius 1 is 0.977 bits per heavy atom. The summed E-state index contributed by atoms with van der Waals surface area (Å²) in [7, 11) is 0. The number of ether oxygens (including phenoxy) is 4. The van der Waals surface area contributed by atoms with Crippen LogP contribution in [0.1, 0.15) is 54.6 Å². The van der Waals surface area contributed by atoms with Gasteiger partial charge >= 0.3 is 6.09 Å². The summed E-state index contributed by atoms with van der Waals surface area (Å²) in [4.78, 5) is 27.5. The van der Waals surface area contributed by atoms with Crippen molar-refractivity contribution in [3.63, 3.8) is 0 Å². The number of nitrogens with zero attached hydrogens (tertiary/aromatic N) is 1. The van der Waals surface area contributed by atoms with E-state index in [1.54, 1.807) is 49.9 Å². The van der Waals surface area contributed by atoms with E-state index >= 15 is 0 Å². The van der Waals surface area contributed by atoms with Crippen molar-refractivity contribution in [2.24, 2.45) is 5.92 Å². The van der Waals surface area contributed by atoms with Gasteiger partial charge in [-0.05, 0) is 81.5 Å². The number of nitrogens with one attached hydrogen (secondary N) is 1. The molecule has 0 unspecified atom stereocenters. The van der Waals surface area contributed by atoms with Crippen LogP contribution < -0.4 is 19.5 Å². The Morgan fingerprint density at radius 2 is 1.73 bits per heavy atom. The summed E-state index contributed by atoms with van der Waals surface area (Å²) in [5.74, 6) is -1.48. The average Bonchev–Trinajstić information content (AvgIpc) is 3.45. The predicted octanol–water partition coefficient (Wildman–Crippen LogP) is 6.22. The van der Waals surface area contributed by atoms with Gasteiger partial charge in [0, 0.05) is 37.2 Å². The van der Waals surface area contributed by atoms with Gasteiger partial charge in [-0.2, -0.15) is 0 Å². The van der Waals surface area contributed by atoms with Gasteiger partial charge in [-0.15, -0.1) is 0 Å². The number of carbonyl (C=O) groups excluding carboxylic acids is 2. The number of rotatable bonds is 8. The van der Waals surface area contributed by atoms with Gasteiger partial charge in [0.15, 0.2) is 11.5 Å². The predicted molar refractivity (Wildman–Crippen MR) is 156 cm³/mol. The van der Waals surface area contributed by atoms with E-state index in [9.17, 15) is 22.8 Å². The summed E-state index contributed by atoms with van der Waals surface area (Å²) in [5, 5.41) is 2.57. The minimum atomic E-state index is -0.720. The van der Waals surface area contributed by atoms with Gasteiger partial charge in [-0.25, -0.2) is 18.0 Å². The summed E-state index contributed by atoms with van der Waals surface area (Å²) in [6.45, 7) is 6.39. The van der Waals surface area contributed by atoms with Gasteiger partial charge < -0.3 is 29.2 Å². The van der Waals surface area contributed by atoms with Crippen LogP contribution in [0.5, 0.6) is 17.2 Å². The molecule has 1 fully saturated rings. The highest BCUT2D eigenvalue weighted by Gasteiger charge is 2.35. The zero-order valence-electron chi connectivity index (χ0n) is 24.8. The lowest BCUT2D eigenvalue weighted by Gasteiger charge is -2.39. The monoisotopic (exact) mass is 612 g/mol. The maximum Gasteiger partial charge on any atom is 0.410 e. The molecule has 1 saturated heterocycles. The van der Waals surface area contributed by atoms with Crippen LogP contribution >= 0.6 is 0 Å². The minimum absolute atomic E-state index is 0.0827. The first-order valence-corrected chi connectivity index (χ1v) is 14.5. The molecule has 1 N–H and O–H groups in total. The fourth-order valence-corrected chi connectivity index (χ4v) is 5.42. The zero-order valence-corrected chi connectivity index (χ0v) is 24.8. The maximum absolute atomic E-state index is 14.9. The van der Waals surface area contributed by atoms with Crippen molar-refractivity contribution in [2.45, 2.75) is 45.1 Å². The lowest BCUT2D eigenvalue weighted by molar-refractivity contribution is 0.0111.